The van der Waals surface area contributed by atoms with E-state index in [-0.39, 0.29) is 0 Å². The average Bonchev–Trinajstić information content (AvgIpc) is 3.03. The summed E-state index contributed by atoms with van der Waals surface area (Å²) >= 11 is 0. The molecule has 3 rings (SSSR count). The molecular weight excluding hydrogens is 339 g/mol. The monoisotopic (exact) mass is 360 g/mol. The fourth-order valence-corrected chi connectivity index (χ4v) is 3.33. The van der Waals surface area contributed by atoms with Gasteiger partial charge in [0.15, 0.2) is 0 Å². The maximum absolute atomic E-state index is 11.8. The van der Waals surface area contributed by atoms with Crippen LogP contribution in [0.25, 0.3) is 11.0 Å². The number of methoxy groups -OCH3 is 1. The minimum absolute atomic E-state index is 0.344. The number of nitrogens with one attached hydrogen (secondary N) is 3. The highest BCUT2D eigenvalue weighted by Crippen LogP contribution is 2.37. The Morgan fingerprint density at radius 2 is 2.08 bits per heavy atom. The van der Waals surface area contributed by atoms with E-state index in [2.05, 4.69) is 20.6 Å². The molecule has 0 spiro atoms. The normalized spacial score (nSPS) is 13.4. The van der Waals surface area contributed by atoms with Gasteiger partial charge in [0.2, 0.25) is 7.37 Å². The summed E-state index contributed by atoms with van der Waals surface area (Å²) in [6, 6.07) is 8.79. The number of aromatic amines is 1. The maximum atomic E-state index is 11.8. The molecule has 0 radical (unpaired) electrons. The summed E-state index contributed by atoms with van der Waals surface area (Å²) in [6.07, 6.45) is 1.84. The fourth-order valence-electron chi connectivity index (χ4n) is 2.62. The Bertz CT molecular complexity index is 948. The van der Waals surface area contributed by atoms with Crippen molar-refractivity contribution < 1.29 is 14.2 Å². The van der Waals surface area contributed by atoms with Crippen LogP contribution < -0.4 is 20.7 Å². The molecule has 1 unspecified atom stereocenters. The van der Waals surface area contributed by atoms with Crippen LogP contribution in [0.3, 0.4) is 0 Å². The van der Waals surface area contributed by atoms with Crippen LogP contribution >= 0.6 is 7.37 Å². The minimum atomic E-state index is -3.34. The minimum Gasteiger partial charge on any atom is -0.495 e. The van der Waals surface area contributed by atoms with Crippen LogP contribution in [0.5, 0.6) is 5.75 Å². The van der Waals surface area contributed by atoms with Gasteiger partial charge in [-0.2, -0.15) is 0 Å². The third kappa shape index (κ3) is 3.62. The Kier molecular flexibility index (Phi) is 4.70. The van der Waals surface area contributed by atoms with E-state index < -0.39 is 7.37 Å². The molecule has 3 aromatic rings. The average molecular weight is 360 g/mol. The highest BCUT2D eigenvalue weighted by atomic mass is 31.2. The van der Waals surface area contributed by atoms with Crippen LogP contribution in [0.1, 0.15) is 6.92 Å². The zero-order valence-corrected chi connectivity index (χ0v) is 15.2. The lowest BCUT2D eigenvalue weighted by Crippen LogP contribution is -2.06. The number of anilines is 3. The van der Waals surface area contributed by atoms with Gasteiger partial charge in [-0.05, 0) is 31.2 Å². The largest absolute Gasteiger partial charge is 0.495 e. The number of aromatic nitrogens is 2. The zero-order valence-electron chi connectivity index (χ0n) is 14.3. The summed E-state index contributed by atoms with van der Waals surface area (Å²) in [7, 11) is -1.82. The van der Waals surface area contributed by atoms with E-state index >= 15 is 0 Å². The Labute approximate surface area is 145 Å². The number of H-pyrrole nitrogens is 1. The smallest absolute Gasteiger partial charge is 0.226 e. The molecule has 2 aromatic heterocycles. The first kappa shape index (κ1) is 17.3. The Balaban J connectivity index is 1.99. The SMILES string of the molecule is CCNc1cc(Nc2ccc(P(C)(=O)O)cc2OC)nc2[nH]ccc12. The lowest BCUT2D eigenvalue weighted by molar-refractivity contribution is 0.417. The molecule has 0 bridgehead atoms. The molecule has 25 heavy (non-hydrogen) atoms. The van der Waals surface area contributed by atoms with E-state index in [1.165, 1.54) is 13.8 Å². The van der Waals surface area contributed by atoms with Gasteiger partial charge in [0.05, 0.1) is 12.8 Å². The van der Waals surface area contributed by atoms with E-state index in [1.54, 1.807) is 18.2 Å². The number of hydrogen-bond donors (Lipinski definition) is 4. The number of nitrogens with zero attached hydrogens (tertiary/aromatic N) is 1. The summed E-state index contributed by atoms with van der Waals surface area (Å²) in [6.45, 7) is 4.13. The first-order chi connectivity index (χ1) is 11.9. The molecular formula is C17H21N4O3P. The highest BCUT2D eigenvalue weighted by Gasteiger charge is 2.17. The van der Waals surface area contributed by atoms with E-state index in [4.69, 9.17) is 4.74 Å². The standard InChI is InChI=1S/C17H21N4O3P/c1-4-18-14-10-16(21-17-12(14)7-8-19-17)20-13-6-5-11(25(3,22)23)9-15(13)24-2/h5-10H,4H2,1-3H3,(H,22,23)(H3,18,19,20,21). The Morgan fingerprint density at radius 1 is 1.28 bits per heavy atom. The number of pyridine rings is 1. The van der Waals surface area contributed by atoms with Gasteiger partial charge in [-0.25, -0.2) is 4.98 Å². The van der Waals surface area contributed by atoms with Gasteiger partial charge in [-0.15, -0.1) is 0 Å². The van der Waals surface area contributed by atoms with Crippen molar-refractivity contribution >= 4 is 40.9 Å². The number of rotatable bonds is 6. The molecule has 132 valence electrons. The van der Waals surface area contributed by atoms with Gasteiger partial charge in [0.1, 0.15) is 17.2 Å². The molecule has 7 nitrogen and oxygen atoms in total. The van der Waals surface area contributed by atoms with E-state index in [0.29, 0.717) is 22.6 Å². The Morgan fingerprint density at radius 3 is 2.76 bits per heavy atom. The number of benzene rings is 1. The Hall–Kier alpha value is -2.50. The molecule has 2 heterocycles. The van der Waals surface area contributed by atoms with Crippen LogP contribution in [0.4, 0.5) is 17.2 Å². The zero-order chi connectivity index (χ0) is 18.0. The van der Waals surface area contributed by atoms with Gasteiger partial charge < -0.3 is 25.2 Å². The molecule has 1 atom stereocenters. The van der Waals surface area contributed by atoms with Crippen molar-refractivity contribution in [1.29, 1.82) is 0 Å². The molecule has 0 fully saturated rings. The first-order valence-electron chi connectivity index (χ1n) is 7.90. The van der Waals surface area contributed by atoms with E-state index in [9.17, 15) is 9.46 Å². The highest BCUT2D eigenvalue weighted by molar-refractivity contribution is 7.65. The lowest BCUT2D eigenvalue weighted by atomic mass is 10.2. The summed E-state index contributed by atoms with van der Waals surface area (Å²) in [5.74, 6) is 1.12. The summed E-state index contributed by atoms with van der Waals surface area (Å²) < 4.78 is 17.2. The number of ether oxygens (including phenoxy) is 1. The van der Waals surface area contributed by atoms with Crippen molar-refractivity contribution in [3.8, 4) is 5.75 Å². The third-order valence-electron chi connectivity index (χ3n) is 3.82. The quantitative estimate of drug-likeness (QED) is 0.504. The second-order valence-electron chi connectivity index (χ2n) is 5.71. The third-order valence-corrected chi connectivity index (χ3v) is 5.06. The lowest BCUT2D eigenvalue weighted by Gasteiger charge is -2.14. The van der Waals surface area contributed by atoms with Crippen LogP contribution in [-0.2, 0) is 4.57 Å². The second-order valence-corrected chi connectivity index (χ2v) is 7.99. The van der Waals surface area contributed by atoms with E-state index in [1.807, 2.05) is 25.3 Å². The predicted molar refractivity (Wildman–Crippen MR) is 102 cm³/mol. The van der Waals surface area contributed by atoms with Crippen LogP contribution in [0.15, 0.2) is 36.5 Å². The molecule has 0 aliphatic rings. The predicted octanol–water partition coefficient (Wildman–Crippen LogP) is 3.27. The van der Waals surface area contributed by atoms with Crippen molar-refractivity contribution in [1.82, 2.24) is 9.97 Å². The molecule has 0 aliphatic heterocycles. The second kappa shape index (κ2) is 6.78. The molecule has 0 amide bonds. The van der Waals surface area contributed by atoms with Gasteiger partial charge in [0, 0.05) is 41.9 Å². The first-order valence-corrected chi connectivity index (χ1v) is 10.0. The van der Waals surface area contributed by atoms with Gasteiger partial charge in [-0.3, -0.25) is 4.57 Å². The van der Waals surface area contributed by atoms with Gasteiger partial charge in [0.25, 0.3) is 0 Å². The summed E-state index contributed by atoms with van der Waals surface area (Å²) in [4.78, 5) is 17.4. The van der Waals surface area contributed by atoms with Crippen molar-refractivity contribution in [2.24, 2.45) is 0 Å². The van der Waals surface area contributed by atoms with Crippen LogP contribution in [0.2, 0.25) is 0 Å². The molecule has 4 N–H and O–H groups in total. The summed E-state index contributed by atoms with van der Waals surface area (Å²) in [5, 5.41) is 7.89. The maximum Gasteiger partial charge on any atom is 0.226 e. The van der Waals surface area contributed by atoms with E-state index in [0.717, 1.165) is 23.3 Å². The van der Waals surface area contributed by atoms with Crippen molar-refractivity contribution in [3.63, 3.8) is 0 Å². The number of hydrogen-bond acceptors (Lipinski definition) is 5. The number of fused-ring (bicyclic) bond motifs is 1. The van der Waals surface area contributed by atoms with Crippen LogP contribution in [0, 0.1) is 0 Å². The van der Waals surface area contributed by atoms with Crippen molar-refractivity contribution in [2.45, 2.75) is 6.92 Å². The van der Waals surface area contributed by atoms with Crippen molar-refractivity contribution in [3.05, 3.63) is 36.5 Å². The molecule has 0 saturated heterocycles. The van der Waals surface area contributed by atoms with Crippen molar-refractivity contribution in [2.75, 3.05) is 31.0 Å². The van der Waals surface area contributed by atoms with Gasteiger partial charge in [-0.1, -0.05) is 0 Å². The molecule has 0 saturated carbocycles. The molecule has 1 aromatic carbocycles. The topological polar surface area (TPSA) is 99.3 Å². The van der Waals surface area contributed by atoms with Crippen LogP contribution in [-0.4, -0.2) is 35.2 Å². The fraction of sp³-hybridized carbons (Fsp3) is 0.235. The van der Waals surface area contributed by atoms with Gasteiger partial charge >= 0.3 is 0 Å². The molecule has 0 aliphatic carbocycles. The molecule has 8 heteroatoms. The summed E-state index contributed by atoms with van der Waals surface area (Å²) in [5.41, 5.74) is 2.41.